The zero-order valence-electron chi connectivity index (χ0n) is 11.0. The van der Waals surface area contributed by atoms with E-state index in [4.69, 9.17) is 9.47 Å². The molecular formula is C15H16O4. The Morgan fingerprint density at radius 3 is 2.26 bits per heavy atom. The molecule has 1 fully saturated rings. The van der Waals surface area contributed by atoms with Gasteiger partial charge in [0.05, 0.1) is 14.2 Å². The number of hydrogen-bond acceptors (Lipinski definition) is 4. The van der Waals surface area contributed by atoms with Gasteiger partial charge in [-0.25, -0.2) is 0 Å². The zero-order valence-corrected chi connectivity index (χ0v) is 11.0. The lowest BCUT2D eigenvalue weighted by Crippen LogP contribution is -2.30. The lowest BCUT2D eigenvalue weighted by Gasteiger charge is -2.10. The summed E-state index contributed by atoms with van der Waals surface area (Å²) in [6, 6.07) is 9.70. The molecule has 0 saturated heterocycles. The number of rotatable bonds is 4. The van der Waals surface area contributed by atoms with Gasteiger partial charge in [0.15, 0.2) is 5.41 Å². The number of esters is 2. The standard InChI is InChI=1S/C15H16O4/c1-18-13(16)15(14(17)19-2)10-12(15)9-8-11-6-4-3-5-7-11/h3-9,12H,10H2,1-2H3/b9-8+. The molecule has 4 nitrogen and oxygen atoms in total. The van der Waals surface area contributed by atoms with Crippen LogP contribution in [0.15, 0.2) is 36.4 Å². The van der Waals surface area contributed by atoms with Crippen molar-refractivity contribution in [3.8, 4) is 0 Å². The van der Waals surface area contributed by atoms with E-state index in [2.05, 4.69) is 0 Å². The fourth-order valence-electron chi connectivity index (χ4n) is 2.23. The SMILES string of the molecule is COC(=O)C1(C(=O)OC)CC1/C=C/c1ccccc1. The van der Waals surface area contributed by atoms with Crippen molar-refractivity contribution in [3.05, 3.63) is 42.0 Å². The van der Waals surface area contributed by atoms with Crippen molar-refractivity contribution in [2.24, 2.45) is 11.3 Å². The average Bonchev–Trinajstić information content (AvgIpc) is 3.20. The van der Waals surface area contributed by atoms with Gasteiger partial charge in [-0.05, 0) is 12.0 Å². The van der Waals surface area contributed by atoms with Crippen LogP contribution >= 0.6 is 0 Å². The van der Waals surface area contributed by atoms with Crippen molar-refractivity contribution in [1.29, 1.82) is 0 Å². The van der Waals surface area contributed by atoms with E-state index in [0.29, 0.717) is 6.42 Å². The van der Waals surface area contributed by atoms with Crippen LogP contribution < -0.4 is 0 Å². The maximum atomic E-state index is 11.8. The maximum absolute atomic E-state index is 11.8. The molecule has 1 aromatic carbocycles. The van der Waals surface area contributed by atoms with E-state index < -0.39 is 17.4 Å². The summed E-state index contributed by atoms with van der Waals surface area (Å²) >= 11 is 0. The number of carbonyl (C=O) groups is 2. The first kappa shape index (κ1) is 13.3. The molecule has 0 spiro atoms. The fourth-order valence-corrected chi connectivity index (χ4v) is 2.23. The molecule has 0 radical (unpaired) electrons. The number of benzene rings is 1. The number of carbonyl (C=O) groups excluding carboxylic acids is 2. The highest BCUT2D eigenvalue weighted by Crippen LogP contribution is 2.55. The van der Waals surface area contributed by atoms with Gasteiger partial charge < -0.3 is 9.47 Å². The second kappa shape index (κ2) is 5.26. The van der Waals surface area contributed by atoms with E-state index in [1.54, 1.807) is 0 Å². The molecular weight excluding hydrogens is 244 g/mol. The molecule has 0 N–H and O–H groups in total. The topological polar surface area (TPSA) is 52.6 Å². The highest BCUT2D eigenvalue weighted by molar-refractivity contribution is 6.04. The average molecular weight is 260 g/mol. The quantitative estimate of drug-likeness (QED) is 0.614. The minimum Gasteiger partial charge on any atom is -0.468 e. The summed E-state index contributed by atoms with van der Waals surface area (Å²) < 4.78 is 9.42. The van der Waals surface area contributed by atoms with Gasteiger partial charge in [0.25, 0.3) is 0 Å². The zero-order chi connectivity index (χ0) is 13.9. The van der Waals surface area contributed by atoms with Crippen LogP contribution in [0.25, 0.3) is 6.08 Å². The van der Waals surface area contributed by atoms with Crippen LogP contribution in [0.2, 0.25) is 0 Å². The molecule has 0 aliphatic heterocycles. The van der Waals surface area contributed by atoms with E-state index in [0.717, 1.165) is 5.56 Å². The summed E-state index contributed by atoms with van der Waals surface area (Å²) in [7, 11) is 2.56. The van der Waals surface area contributed by atoms with E-state index in [1.165, 1.54) is 14.2 Å². The molecule has 19 heavy (non-hydrogen) atoms. The Morgan fingerprint density at radius 2 is 1.74 bits per heavy atom. The van der Waals surface area contributed by atoms with Gasteiger partial charge in [-0.2, -0.15) is 0 Å². The van der Waals surface area contributed by atoms with Gasteiger partial charge in [-0.3, -0.25) is 9.59 Å². The highest BCUT2D eigenvalue weighted by Gasteiger charge is 2.66. The molecule has 1 unspecified atom stereocenters. The largest absolute Gasteiger partial charge is 0.468 e. The van der Waals surface area contributed by atoms with Gasteiger partial charge in [-0.15, -0.1) is 0 Å². The molecule has 1 aliphatic carbocycles. The third-order valence-corrected chi connectivity index (χ3v) is 3.43. The molecule has 100 valence electrons. The van der Waals surface area contributed by atoms with Crippen molar-refractivity contribution in [2.75, 3.05) is 14.2 Å². The molecule has 0 aromatic heterocycles. The molecule has 1 saturated carbocycles. The maximum Gasteiger partial charge on any atom is 0.323 e. The van der Waals surface area contributed by atoms with Crippen LogP contribution in [0.1, 0.15) is 12.0 Å². The second-order valence-corrected chi connectivity index (χ2v) is 4.53. The summed E-state index contributed by atoms with van der Waals surface area (Å²) in [6.07, 6.45) is 4.21. The Morgan fingerprint density at radius 1 is 1.16 bits per heavy atom. The van der Waals surface area contributed by atoms with Crippen molar-refractivity contribution >= 4 is 18.0 Å². The van der Waals surface area contributed by atoms with Gasteiger partial charge in [0.2, 0.25) is 0 Å². The van der Waals surface area contributed by atoms with Crippen LogP contribution in [0, 0.1) is 11.3 Å². The minimum atomic E-state index is -1.14. The summed E-state index contributed by atoms with van der Waals surface area (Å²) in [5, 5.41) is 0. The van der Waals surface area contributed by atoms with E-state index in [-0.39, 0.29) is 5.92 Å². The molecule has 0 heterocycles. The second-order valence-electron chi connectivity index (χ2n) is 4.53. The summed E-state index contributed by atoms with van der Waals surface area (Å²) in [4.78, 5) is 23.5. The van der Waals surface area contributed by atoms with Gasteiger partial charge in [0, 0.05) is 5.92 Å². The Balaban J connectivity index is 2.13. The first-order valence-corrected chi connectivity index (χ1v) is 6.05. The number of allylic oxidation sites excluding steroid dienone is 1. The summed E-state index contributed by atoms with van der Waals surface area (Å²) in [5.41, 5.74) is -0.118. The summed E-state index contributed by atoms with van der Waals surface area (Å²) in [6.45, 7) is 0. The lowest BCUT2D eigenvalue weighted by molar-refractivity contribution is -0.161. The third kappa shape index (κ3) is 2.38. The highest BCUT2D eigenvalue weighted by atomic mass is 16.5. The number of ether oxygens (including phenoxy) is 2. The molecule has 2 rings (SSSR count). The van der Waals surface area contributed by atoms with Gasteiger partial charge in [-0.1, -0.05) is 42.5 Å². The Bertz CT molecular complexity index is 488. The van der Waals surface area contributed by atoms with Crippen molar-refractivity contribution in [3.63, 3.8) is 0 Å². The molecule has 1 aromatic rings. The Labute approximate surface area is 112 Å². The first-order valence-electron chi connectivity index (χ1n) is 6.05. The predicted octanol–water partition coefficient (Wildman–Crippen LogP) is 2.05. The minimum absolute atomic E-state index is 0.160. The molecule has 0 amide bonds. The van der Waals surface area contributed by atoms with Crippen LogP contribution in [0.5, 0.6) is 0 Å². The van der Waals surface area contributed by atoms with Crippen LogP contribution in [-0.4, -0.2) is 26.2 Å². The normalized spacial score (nSPS) is 20.0. The Hall–Kier alpha value is -2.10. The van der Waals surface area contributed by atoms with Crippen LogP contribution in [0.3, 0.4) is 0 Å². The van der Waals surface area contributed by atoms with Crippen molar-refractivity contribution in [1.82, 2.24) is 0 Å². The molecule has 0 bridgehead atoms. The van der Waals surface area contributed by atoms with E-state index in [9.17, 15) is 9.59 Å². The molecule has 1 aliphatic rings. The van der Waals surface area contributed by atoms with Crippen molar-refractivity contribution < 1.29 is 19.1 Å². The first-order chi connectivity index (χ1) is 9.15. The predicted molar refractivity (Wildman–Crippen MR) is 70.0 cm³/mol. The number of hydrogen-bond donors (Lipinski definition) is 0. The lowest BCUT2D eigenvalue weighted by atomic mass is 10.0. The van der Waals surface area contributed by atoms with Gasteiger partial charge in [0.1, 0.15) is 0 Å². The third-order valence-electron chi connectivity index (χ3n) is 3.43. The monoisotopic (exact) mass is 260 g/mol. The van der Waals surface area contributed by atoms with Crippen LogP contribution in [-0.2, 0) is 19.1 Å². The smallest absolute Gasteiger partial charge is 0.323 e. The van der Waals surface area contributed by atoms with Crippen molar-refractivity contribution in [2.45, 2.75) is 6.42 Å². The molecule has 1 atom stereocenters. The fraction of sp³-hybridized carbons (Fsp3) is 0.333. The molecule has 4 heteroatoms. The number of methoxy groups -OCH3 is 2. The Kier molecular flexibility index (Phi) is 3.69. The summed E-state index contributed by atoms with van der Waals surface area (Å²) in [5.74, 6) is -1.21. The van der Waals surface area contributed by atoms with Crippen LogP contribution in [0.4, 0.5) is 0 Å². The van der Waals surface area contributed by atoms with E-state index >= 15 is 0 Å². The van der Waals surface area contributed by atoms with Gasteiger partial charge >= 0.3 is 11.9 Å². The van der Waals surface area contributed by atoms with E-state index in [1.807, 2.05) is 42.5 Å².